The second-order valence-corrected chi connectivity index (χ2v) is 10.9. The Balaban J connectivity index is 1.63. The average Bonchev–Trinajstić information content (AvgIpc) is 3.06. The van der Waals surface area contributed by atoms with Gasteiger partial charge in [-0.05, 0) is 41.8 Å². The number of nitrogens with two attached hydrogens (primary N) is 1. The van der Waals surface area contributed by atoms with Crippen molar-refractivity contribution in [2.24, 2.45) is 7.05 Å². The lowest BCUT2D eigenvalue weighted by molar-refractivity contribution is 0.601. The van der Waals surface area contributed by atoms with Gasteiger partial charge in [0.25, 0.3) is 0 Å². The number of aromatic nitrogens is 4. The number of hydrogen-bond donors (Lipinski definition) is 2. The van der Waals surface area contributed by atoms with E-state index in [0.29, 0.717) is 11.9 Å². The van der Waals surface area contributed by atoms with Crippen molar-refractivity contribution in [2.75, 3.05) is 29.3 Å². The lowest BCUT2D eigenvalue weighted by Gasteiger charge is -2.24. The van der Waals surface area contributed by atoms with Crippen LogP contribution in [0.5, 0.6) is 0 Å². The van der Waals surface area contributed by atoms with Crippen molar-refractivity contribution in [1.82, 2.24) is 19.5 Å². The molecule has 0 radical (unpaired) electrons. The van der Waals surface area contributed by atoms with Crippen LogP contribution in [0.15, 0.2) is 48.7 Å². The number of nitrogens with one attached hydrogen (secondary N) is 1. The highest BCUT2D eigenvalue weighted by molar-refractivity contribution is 7.89. The van der Waals surface area contributed by atoms with E-state index in [2.05, 4.69) is 40.2 Å². The minimum atomic E-state index is -3.08. The lowest BCUT2D eigenvalue weighted by Crippen LogP contribution is -2.15. The topological polar surface area (TPSA) is 119 Å². The summed E-state index contributed by atoms with van der Waals surface area (Å²) in [7, 11) is 0.796. The summed E-state index contributed by atoms with van der Waals surface area (Å²) in [5, 5.41) is 3.19. The number of nitrogens with zero attached hydrogens (tertiary/aromatic N) is 5. The minimum absolute atomic E-state index is 0.00844. The normalized spacial score (nSPS) is 11.8. The van der Waals surface area contributed by atoms with Crippen LogP contribution in [-0.4, -0.2) is 41.2 Å². The van der Waals surface area contributed by atoms with Gasteiger partial charge in [0.1, 0.15) is 5.82 Å². The predicted octanol–water partition coefficient (Wildman–Crippen LogP) is 4.13. The third kappa shape index (κ3) is 4.81. The van der Waals surface area contributed by atoms with E-state index < -0.39 is 9.84 Å². The maximum absolute atomic E-state index is 11.5. The quantitative estimate of drug-likeness (QED) is 0.406. The van der Waals surface area contributed by atoms with Crippen molar-refractivity contribution >= 4 is 50.0 Å². The van der Waals surface area contributed by atoms with Crippen molar-refractivity contribution in [1.29, 1.82) is 0 Å². The number of aryl methyl sites for hydroxylation is 1. The Labute approximate surface area is 199 Å². The molecule has 34 heavy (non-hydrogen) atoms. The van der Waals surface area contributed by atoms with Gasteiger partial charge < -0.3 is 20.5 Å². The summed E-state index contributed by atoms with van der Waals surface area (Å²) in [6.45, 7) is 4.27. The fourth-order valence-electron chi connectivity index (χ4n) is 3.98. The molecule has 0 unspecified atom stereocenters. The van der Waals surface area contributed by atoms with Crippen LogP contribution in [0.3, 0.4) is 0 Å². The maximum atomic E-state index is 11.5. The summed E-state index contributed by atoms with van der Waals surface area (Å²) in [4.78, 5) is 15.6. The number of imidazole rings is 1. The highest BCUT2D eigenvalue weighted by Crippen LogP contribution is 2.37. The highest BCUT2D eigenvalue weighted by Gasteiger charge is 2.20. The molecular formula is C24H29N7O2S. The van der Waals surface area contributed by atoms with Gasteiger partial charge in [-0.25, -0.2) is 18.4 Å². The fourth-order valence-corrected chi connectivity index (χ4v) is 4.78. The second-order valence-electron chi connectivity index (χ2n) is 8.74. The van der Waals surface area contributed by atoms with E-state index in [4.69, 9.17) is 5.73 Å². The third-order valence-electron chi connectivity index (χ3n) is 5.67. The fraction of sp³-hybridized carbons (Fsp3) is 0.292. The van der Waals surface area contributed by atoms with Crippen LogP contribution in [0.1, 0.15) is 30.9 Å². The van der Waals surface area contributed by atoms with Gasteiger partial charge in [0.2, 0.25) is 11.9 Å². The molecule has 0 bridgehead atoms. The van der Waals surface area contributed by atoms with Crippen molar-refractivity contribution in [3.8, 4) is 0 Å². The summed E-state index contributed by atoms with van der Waals surface area (Å²) in [5.74, 6) is 1.87. The van der Waals surface area contributed by atoms with Crippen LogP contribution in [0.25, 0.3) is 11.0 Å². The van der Waals surface area contributed by atoms with Crippen molar-refractivity contribution in [3.63, 3.8) is 0 Å². The zero-order valence-electron chi connectivity index (χ0n) is 19.9. The number of sulfone groups is 1. The van der Waals surface area contributed by atoms with E-state index in [0.717, 1.165) is 39.4 Å². The Kier molecular flexibility index (Phi) is 6.18. The second kappa shape index (κ2) is 8.94. The highest BCUT2D eigenvalue weighted by atomic mass is 32.2. The number of anilines is 5. The lowest BCUT2D eigenvalue weighted by atomic mass is 9.98. The Morgan fingerprint density at radius 1 is 1.09 bits per heavy atom. The van der Waals surface area contributed by atoms with Crippen LogP contribution < -0.4 is 16.0 Å². The third-order valence-corrected chi connectivity index (χ3v) is 6.52. The van der Waals surface area contributed by atoms with Gasteiger partial charge in [0.05, 0.1) is 16.8 Å². The summed E-state index contributed by atoms with van der Waals surface area (Å²) < 4.78 is 24.9. The van der Waals surface area contributed by atoms with Crippen LogP contribution >= 0.6 is 0 Å². The molecule has 0 saturated carbocycles. The Morgan fingerprint density at radius 3 is 2.44 bits per heavy atom. The van der Waals surface area contributed by atoms with Gasteiger partial charge in [-0.15, -0.1) is 0 Å². The standard InChI is InChI=1S/C24H29N7O2S/c1-15(2)21-18(10-11-19-22(21)29-23(25)31(19)4)30(3)20-12-13-26-24(28-20)27-17-8-6-16(7-9-17)14-34(5,32)33/h6-13,15H,14H2,1-5H3,(H2,25,29)(H,26,27,28). The molecule has 4 rings (SSSR count). The van der Waals surface area contributed by atoms with E-state index in [1.807, 2.05) is 47.8 Å². The van der Waals surface area contributed by atoms with E-state index >= 15 is 0 Å². The molecule has 10 heteroatoms. The number of nitrogen functional groups attached to an aromatic ring is 1. The Hall–Kier alpha value is -3.66. The van der Waals surface area contributed by atoms with Crippen LogP contribution in [-0.2, 0) is 22.6 Å². The van der Waals surface area contributed by atoms with Crippen molar-refractivity contribution in [3.05, 3.63) is 59.8 Å². The van der Waals surface area contributed by atoms with E-state index in [9.17, 15) is 8.42 Å². The molecule has 4 aromatic rings. The first-order valence-corrected chi connectivity index (χ1v) is 12.9. The first-order chi connectivity index (χ1) is 16.0. The molecular weight excluding hydrogens is 450 g/mol. The predicted molar refractivity (Wildman–Crippen MR) is 138 cm³/mol. The Morgan fingerprint density at radius 2 is 1.79 bits per heavy atom. The zero-order valence-corrected chi connectivity index (χ0v) is 20.8. The monoisotopic (exact) mass is 479 g/mol. The molecule has 9 nitrogen and oxygen atoms in total. The van der Waals surface area contributed by atoms with E-state index in [1.54, 1.807) is 18.3 Å². The molecule has 2 aromatic carbocycles. The first-order valence-electron chi connectivity index (χ1n) is 10.9. The zero-order chi connectivity index (χ0) is 24.6. The van der Waals surface area contributed by atoms with Crippen molar-refractivity contribution in [2.45, 2.75) is 25.5 Å². The van der Waals surface area contributed by atoms with Crippen LogP contribution in [0, 0.1) is 0 Å². The van der Waals surface area contributed by atoms with Crippen molar-refractivity contribution < 1.29 is 8.42 Å². The molecule has 0 aliphatic heterocycles. The largest absolute Gasteiger partial charge is 0.369 e. The maximum Gasteiger partial charge on any atom is 0.229 e. The summed E-state index contributed by atoms with van der Waals surface area (Å²) >= 11 is 0. The Bertz CT molecular complexity index is 1440. The molecule has 2 aromatic heterocycles. The van der Waals surface area contributed by atoms with Gasteiger partial charge in [-0.1, -0.05) is 26.0 Å². The summed E-state index contributed by atoms with van der Waals surface area (Å²) in [6, 6.07) is 13.1. The van der Waals surface area contributed by atoms with Gasteiger partial charge in [-0.3, -0.25) is 0 Å². The van der Waals surface area contributed by atoms with Gasteiger partial charge in [-0.2, -0.15) is 4.98 Å². The number of benzene rings is 2. The van der Waals surface area contributed by atoms with Gasteiger partial charge in [0.15, 0.2) is 9.84 Å². The van der Waals surface area contributed by atoms with E-state index in [1.165, 1.54) is 6.26 Å². The molecule has 0 atom stereocenters. The molecule has 0 amide bonds. The number of rotatable bonds is 7. The molecule has 2 heterocycles. The van der Waals surface area contributed by atoms with Gasteiger partial charge in [0, 0.05) is 43.5 Å². The summed E-state index contributed by atoms with van der Waals surface area (Å²) in [5.41, 5.74) is 11.5. The number of hydrogen-bond acceptors (Lipinski definition) is 8. The molecule has 0 aliphatic rings. The summed E-state index contributed by atoms with van der Waals surface area (Å²) in [6.07, 6.45) is 2.92. The first kappa shape index (κ1) is 23.5. The minimum Gasteiger partial charge on any atom is -0.369 e. The molecule has 0 saturated heterocycles. The molecule has 0 fully saturated rings. The molecule has 3 N–H and O–H groups in total. The van der Waals surface area contributed by atoms with E-state index in [-0.39, 0.29) is 11.7 Å². The van der Waals surface area contributed by atoms with Gasteiger partial charge >= 0.3 is 0 Å². The molecule has 178 valence electrons. The average molecular weight is 480 g/mol. The number of fused-ring (bicyclic) bond motifs is 1. The van der Waals surface area contributed by atoms with Crippen LogP contribution in [0.2, 0.25) is 0 Å². The SMILES string of the molecule is CC(C)c1c(N(C)c2ccnc(Nc3ccc(CS(C)(=O)=O)cc3)n2)ccc2c1nc(N)n2C. The molecule has 0 aliphatic carbocycles. The molecule has 0 spiro atoms. The smallest absolute Gasteiger partial charge is 0.229 e. The van der Waals surface area contributed by atoms with Crippen LogP contribution in [0.4, 0.5) is 29.1 Å².